The Balaban J connectivity index is 1.73. The molecule has 1 saturated heterocycles. The van der Waals surface area contributed by atoms with Crippen molar-refractivity contribution in [3.05, 3.63) is 0 Å². The molecule has 0 saturated carbocycles. The largest absolute Gasteiger partial charge is 0.467 e. The summed E-state index contributed by atoms with van der Waals surface area (Å²) < 4.78 is 15.1. The molecule has 204 valence electrons. The van der Waals surface area contributed by atoms with Crippen LogP contribution in [0.2, 0.25) is 0 Å². The quantitative estimate of drug-likeness (QED) is 0.258. The zero-order valence-electron chi connectivity index (χ0n) is 22.0. The number of piperidine rings is 1. The number of unbranched alkanes of at least 4 members (excludes halogenated alkanes) is 1. The van der Waals surface area contributed by atoms with Crippen molar-refractivity contribution in [2.45, 2.75) is 84.0 Å². The van der Waals surface area contributed by atoms with E-state index in [1.165, 1.54) is 7.11 Å². The zero-order valence-corrected chi connectivity index (χ0v) is 22.0. The summed E-state index contributed by atoms with van der Waals surface area (Å²) in [5, 5.41) is 9.23. The molecule has 36 heavy (non-hydrogen) atoms. The second kappa shape index (κ2) is 13.9. The van der Waals surface area contributed by atoms with Gasteiger partial charge in [0.15, 0.2) is 0 Å². The monoisotopic (exact) mass is 512 g/mol. The fourth-order valence-electron chi connectivity index (χ4n) is 3.85. The van der Waals surface area contributed by atoms with E-state index in [0.717, 1.165) is 25.0 Å². The van der Waals surface area contributed by atoms with Crippen molar-refractivity contribution in [2.24, 2.45) is 11.1 Å². The van der Waals surface area contributed by atoms with Crippen molar-refractivity contribution in [1.29, 1.82) is 0 Å². The normalized spacial score (nSPS) is 19.0. The first-order valence-corrected chi connectivity index (χ1v) is 12.5. The van der Waals surface area contributed by atoms with Gasteiger partial charge in [-0.25, -0.2) is 14.4 Å². The van der Waals surface area contributed by atoms with Crippen LogP contribution in [-0.4, -0.2) is 85.8 Å². The second-order valence-electron chi connectivity index (χ2n) is 9.97. The van der Waals surface area contributed by atoms with Crippen LogP contribution in [0.25, 0.3) is 0 Å². The molecule has 1 unspecified atom stereocenters. The number of alkyl carbamates (subject to hydrolysis) is 1. The van der Waals surface area contributed by atoms with Crippen LogP contribution in [0, 0.1) is 5.92 Å². The standard InChI is InChI=1S/C24H40N4O8/c1-6-7-12-34-22(31)26-19(21(30)33-5)15-25-20(29)14-17-13-18(27-36-17)16-8-10-28(11-9-16)23(32)35-24(2,3)4/h16-17,19H,6-15H2,1-5H3,(H,25,29)(H,26,31)/t17?,19-/m0/s1. The van der Waals surface area contributed by atoms with E-state index in [0.29, 0.717) is 25.9 Å². The molecule has 0 aromatic heterocycles. The third-order valence-corrected chi connectivity index (χ3v) is 5.80. The highest BCUT2D eigenvalue weighted by Gasteiger charge is 2.33. The van der Waals surface area contributed by atoms with Gasteiger partial charge in [-0.05, 0) is 40.0 Å². The molecular formula is C24H40N4O8. The van der Waals surface area contributed by atoms with Crippen LogP contribution in [0.1, 0.15) is 66.2 Å². The van der Waals surface area contributed by atoms with Crippen molar-refractivity contribution in [1.82, 2.24) is 15.5 Å². The molecule has 2 rings (SSSR count). The number of nitrogens with one attached hydrogen (secondary N) is 2. The fourth-order valence-corrected chi connectivity index (χ4v) is 3.85. The minimum atomic E-state index is -1.07. The van der Waals surface area contributed by atoms with E-state index in [4.69, 9.17) is 19.0 Å². The van der Waals surface area contributed by atoms with Crippen LogP contribution < -0.4 is 10.6 Å². The third kappa shape index (κ3) is 9.90. The summed E-state index contributed by atoms with van der Waals surface area (Å²) in [7, 11) is 1.20. The molecular weight excluding hydrogens is 472 g/mol. The number of methoxy groups -OCH3 is 1. The molecule has 0 bridgehead atoms. The third-order valence-electron chi connectivity index (χ3n) is 5.80. The Hall–Kier alpha value is -3.05. The smallest absolute Gasteiger partial charge is 0.410 e. The summed E-state index contributed by atoms with van der Waals surface area (Å²) in [6.07, 6.45) is 2.18. The summed E-state index contributed by atoms with van der Waals surface area (Å²) in [5.74, 6) is -0.849. The van der Waals surface area contributed by atoms with Crippen LogP contribution in [0.15, 0.2) is 5.16 Å². The number of hydrogen-bond acceptors (Lipinski definition) is 9. The number of nitrogens with zero attached hydrogens (tertiary/aromatic N) is 2. The highest BCUT2D eigenvalue weighted by molar-refractivity contribution is 5.89. The number of amides is 3. The number of carbonyl (C=O) groups is 4. The van der Waals surface area contributed by atoms with Crippen LogP contribution in [-0.2, 0) is 28.6 Å². The second-order valence-corrected chi connectivity index (χ2v) is 9.97. The number of likely N-dealkylation sites (tertiary alicyclic amines) is 1. The number of ether oxygens (including phenoxy) is 3. The molecule has 2 heterocycles. The Morgan fingerprint density at radius 2 is 1.89 bits per heavy atom. The summed E-state index contributed by atoms with van der Waals surface area (Å²) in [6, 6.07) is -1.07. The van der Waals surface area contributed by atoms with Crippen molar-refractivity contribution in [3.63, 3.8) is 0 Å². The van der Waals surface area contributed by atoms with Crippen molar-refractivity contribution >= 4 is 29.8 Å². The van der Waals surface area contributed by atoms with E-state index in [-0.39, 0.29) is 37.5 Å². The summed E-state index contributed by atoms with van der Waals surface area (Å²) in [4.78, 5) is 55.7. The lowest BCUT2D eigenvalue weighted by Gasteiger charge is -2.33. The Kier molecular flexibility index (Phi) is 11.3. The van der Waals surface area contributed by atoms with Crippen LogP contribution in [0.3, 0.4) is 0 Å². The summed E-state index contributed by atoms with van der Waals surface area (Å²) in [6.45, 7) is 8.74. The zero-order chi connectivity index (χ0) is 26.7. The fraction of sp³-hybridized carbons (Fsp3) is 0.792. The maximum Gasteiger partial charge on any atom is 0.410 e. The highest BCUT2D eigenvalue weighted by Crippen LogP contribution is 2.27. The Labute approximate surface area is 212 Å². The Bertz CT molecular complexity index is 802. The molecule has 1 fully saturated rings. The van der Waals surface area contributed by atoms with Gasteiger partial charge in [-0.3, -0.25) is 4.79 Å². The molecule has 0 spiro atoms. The van der Waals surface area contributed by atoms with Gasteiger partial charge < -0.3 is 34.6 Å². The number of esters is 1. The molecule has 0 aromatic carbocycles. The maximum absolute atomic E-state index is 12.4. The first-order valence-electron chi connectivity index (χ1n) is 12.5. The van der Waals surface area contributed by atoms with E-state index in [2.05, 4.69) is 15.8 Å². The lowest BCUT2D eigenvalue weighted by atomic mass is 9.89. The van der Waals surface area contributed by atoms with Gasteiger partial charge in [0.2, 0.25) is 5.91 Å². The van der Waals surface area contributed by atoms with E-state index >= 15 is 0 Å². The molecule has 0 aliphatic carbocycles. The first-order chi connectivity index (χ1) is 17.0. The molecule has 2 atom stereocenters. The molecule has 2 aliphatic rings. The van der Waals surface area contributed by atoms with Crippen LogP contribution in [0.5, 0.6) is 0 Å². The van der Waals surface area contributed by atoms with Gasteiger partial charge in [0.05, 0.1) is 25.8 Å². The minimum Gasteiger partial charge on any atom is -0.467 e. The summed E-state index contributed by atoms with van der Waals surface area (Å²) in [5.41, 5.74) is 0.358. The van der Waals surface area contributed by atoms with E-state index in [1.807, 2.05) is 27.7 Å². The molecule has 2 aliphatic heterocycles. The first kappa shape index (κ1) is 29.2. The molecule has 2 N–H and O–H groups in total. The lowest BCUT2D eigenvalue weighted by molar-refractivity contribution is -0.143. The van der Waals surface area contributed by atoms with E-state index in [9.17, 15) is 19.2 Å². The van der Waals surface area contributed by atoms with Crippen molar-refractivity contribution in [2.75, 3.05) is 33.4 Å². The predicted octanol–water partition coefficient (Wildman–Crippen LogP) is 2.35. The molecule has 12 nitrogen and oxygen atoms in total. The van der Waals surface area contributed by atoms with Crippen LogP contribution in [0.4, 0.5) is 9.59 Å². The van der Waals surface area contributed by atoms with Gasteiger partial charge in [0.1, 0.15) is 17.7 Å². The molecule has 3 amide bonds. The van der Waals surface area contributed by atoms with Gasteiger partial charge >= 0.3 is 18.2 Å². The van der Waals surface area contributed by atoms with E-state index < -0.39 is 29.8 Å². The van der Waals surface area contributed by atoms with Crippen LogP contribution >= 0.6 is 0 Å². The number of oxime groups is 1. The Morgan fingerprint density at radius 1 is 1.19 bits per heavy atom. The number of carbonyl (C=O) groups excluding carboxylic acids is 4. The lowest BCUT2D eigenvalue weighted by Crippen LogP contribution is -2.49. The predicted molar refractivity (Wildman–Crippen MR) is 130 cm³/mol. The molecule has 0 radical (unpaired) electrons. The van der Waals surface area contributed by atoms with Crippen molar-refractivity contribution < 1.29 is 38.2 Å². The van der Waals surface area contributed by atoms with Gasteiger partial charge in [0.25, 0.3) is 0 Å². The minimum absolute atomic E-state index is 0.0542. The van der Waals surface area contributed by atoms with Gasteiger partial charge in [-0.15, -0.1) is 0 Å². The van der Waals surface area contributed by atoms with E-state index in [1.54, 1.807) is 4.90 Å². The highest BCUT2D eigenvalue weighted by atomic mass is 16.6. The topological polar surface area (TPSA) is 145 Å². The SMILES string of the molecule is CCCCOC(=O)N[C@@H](CNC(=O)CC1CC(C2CCN(C(=O)OC(C)(C)C)CC2)=NO1)C(=O)OC. The number of rotatable bonds is 10. The summed E-state index contributed by atoms with van der Waals surface area (Å²) >= 11 is 0. The van der Waals surface area contributed by atoms with Gasteiger partial charge in [-0.2, -0.15) is 0 Å². The average molecular weight is 513 g/mol. The van der Waals surface area contributed by atoms with Crippen molar-refractivity contribution in [3.8, 4) is 0 Å². The molecule has 12 heteroatoms. The Morgan fingerprint density at radius 3 is 2.50 bits per heavy atom. The maximum atomic E-state index is 12.4. The molecule has 0 aromatic rings. The average Bonchev–Trinajstić information content (AvgIpc) is 3.28. The van der Waals surface area contributed by atoms with Gasteiger partial charge in [-0.1, -0.05) is 18.5 Å². The number of hydrogen-bond donors (Lipinski definition) is 2. The van der Waals surface area contributed by atoms with Gasteiger partial charge in [0, 0.05) is 32.0 Å².